The SMILES string of the molecule is CC(C)=Nc1c(C)cc(C)cc1Br. The minimum atomic E-state index is 1.05. The molecule has 0 amide bonds. The average Bonchev–Trinajstić information content (AvgIpc) is 1.96. The quantitative estimate of drug-likeness (QED) is 0.653. The summed E-state index contributed by atoms with van der Waals surface area (Å²) in [4.78, 5) is 4.47. The molecular formula is C11H14BrN. The predicted octanol–water partition coefficient (Wildman–Crippen LogP) is 4.18. The van der Waals surface area contributed by atoms with Crippen molar-refractivity contribution in [1.29, 1.82) is 0 Å². The van der Waals surface area contributed by atoms with Crippen molar-refractivity contribution in [2.45, 2.75) is 27.7 Å². The minimum absolute atomic E-state index is 1.05. The number of aliphatic imine (C=N–C) groups is 1. The van der Waals surface area contributed by atoms with E-state index in [2.05, 4.69) is 46.9 Å². The number of hydrogen-bond donors (Lipinski definition) is 0. The van der Waals surface area contributed by atoms with Crippen molar-refractivity contribution in [2.75, 3.05) is 0 Å². The Morgan fingerprint density at radius 3 is 2.31 bits per heavy atom. The lowest BCUT2D eigenvalue weighted by Crippen LogP contribution is -1.84. The smallest absolute Gasteiger partial charge is 0.0800 e. The third-order valence-corrected chi connectivity index (χ3v) is 2.34. The Hall–Kier alpha value is -0.630. The first-order valence-electron chi connectivity index (χ1n) is 4.29. The highest BCUT2D eigenvalue weighted by Crippen LogP contribution is 2.30. The van der Waals surface area contributed by atoms with Crippen molar-refractivity contribution in [1.82, 2.24) is 0 Å². The van der Waals surface area contributed by atoms with E-state index in [1.807, 2.05) is 13.8 Å². The lowest BCUT2D eigenvalue weighted by molar-refractivity contribution is 1.32. The van der Waals surface area contributed by atoms with Crippen LogP contribution in [-0.4, -0.2) is 5.71 Å². The van der Waals surface area contributed by atoms with Crippen LogP contribution in [0.25, 0.3) is 0 Å². The van der Waals surface area contributed by atoms with Gasteiger partial charge in [0.05, 0.1) is 5.69 Å². The fourth-order valence-corrected chi connectivity index (χ4v) is 2.04. The Labute approximate surface area is 88.0 Å². The van der Waals surface area contributed by atoms with Crippen molar-refractivity contribution in [3.63, 3.8) is 0 Å². The summed E-state index contributed by atoms with van der Waals surface area (Å²) >= 11 is 3.52. The molecule has 70 valence electrons. The van der Waals surface area contributed by atoms with E-state index < -0.39 is 0 Å². The molecule has 0 aliphatic heterocycles. The summed E-state index contributed by atoms with van der Waals surface area (Å²) in [6.45, 7) is 8.18. The van der Waals surface area contributed by atoms with Gasteiger partial charge >= 0.3 is 0 Å². The lowest BCUT2D eigenvalue weighted by atomic mass is 10.1. The van der Waals surface area contributed by atoms with E-state index in [1.165, 1.54) is 11.1 Å². The number of nitrogens with zero attached hydrogens (tertiary/aromatic N) is 1. The van der Waals surface area contributed by atoms with E-state index in [4.69, 9.17) is 0 Å². The molecule has 0 radical (unpaired) electrons. The van der Waals surface area contributed by atoms with Crippen LogP contribution in [0.1, 0.15) is 25.0 Å². The highest BCUT2D eigenvalue weighted by atomic mass is 79.9. The molecule has 1 aromatic rings. The summed E-state index contributed by atoms with van der Waals surface area (Å²) in [6, 6.07) is 4.24. The maximum Gasteiger partial charge on any atom is 0.0800 e. The predicted molar refractivity (Wildman–Crippen MR) is 62.1 cm³/mol. The summed E-state index contributed by atoms with van der Waals surface area (Å²) in [7, 11) is 0. The highest BCUT2D eigenvalue weighted by molar-refractivity contribution is 9.10. The molecule has 0 saturated heterocycles. The number of halogens is 1. The van der Waals surface area contributed by atoms with Gasteiger partial charge in [-0.1, -0.05) is 6.07 Å². The molecule has 0 aromatic heterocycles. The van der Waals surface area contributed by atoms with E-state index >= 15 is 0 Å². The van der Waals surface area contributed by atoms with Gasteiger partial charge in [0, 0.05) is 10.2 Å². The van der Waals surface area contributed by atoms with E-state index in [1.54, 1.807) is 0 Å². The van der Waals surface area contributed by atoms with Crippen LogP contribution in [-0.2, 0) is 0 Å². The molecule has 0 heterocycles. The summed E-state index contributed by atoms with van der Waals surface area (Å²) in [6.07, 6.45) is 0. The number of hydrogen-bond acceptors (Lipinski definition) is 1. The summed E-state index contributed by atoms with van der Waals surface area (Å²) < 4.78 is 1.08. The first-order valence-corrected chi connectivity index (χ1v) is 5.08. The Morgan fingerprint density at radius 2 is 1.85 bits per heavy atom. The first-order chi connectivity index (χ1) is 6.00. The Morgan fingerprint density at radius 1 is 1.23 bits per heavy atom. The molecule has 0 spiro atoms. The van der Waals surface area contributed by atoms with Crippen molar-refractivity contribution < 1.29 is 0 Å². The molecule has 1 rings (SSSR count). The normalized spacial score (nSPS) is 9.92. The second-order valence-corrected chi connectivity index (χ2v) is 4.33. The van der Waals surface area contributed by atoms with Gasteiger partial charge in [-0.15, -0.1) is 0 Å². The van der Waals surface area contributed by atoms with Gasteiger partial charge in [-0.25, -0.2) is 0 Å². The van der Waals surface area contributed by atoms with E-state index in [-0.39, 0.29) is 0 Å². The molecule has 2 heteroatoms. The molecule has 1 nitrogen and oxygen atoms in total. The van der Waals surface area contributed by atoms with Gasteiger partial charge in [-0.3, -0.25) is 4.99 Å². The minimum Gasteiger partial charge on any atom is -0.257 e. The zero-order valence-corrected chi connectivity index (χ0v) is 10.1. The monoisotopic (exact) mass is 239 g/mol. The van der Waals surface area contributed by atoms with Crippen molar-refractivity contribution >= 4 is 27.3 Å². The molecular weight excluding hydrogens is 226 g/mol. The molecule has 0 aliphatic carbocycles. The van der Waals surface area contributed by atoms with Gasteiger partial charge in [0.15, 0.2) is 0 Å². The molecule has 0 fully saturated rings. The van der Waals surface area contributed by atoms with Gasteiger partial charge < -0.3 is 0 Å². The second kappa shape index (κ2) is 4.05. The summed E-state index contributed by atoms with van der Waals surface area (Å²) in [5.74, 6) is 0. The topological polar surface area (TPSA) is 12.4 Å². The van der Waals surface area contributed by atoms with Gasteiger partial charge in [-0.2, -0.15) is 0 Å². The third-order valence-electron chi connectivity index (χ3n) is 1.73. The number of benzene rings is 1. The molecule has 1 aromatic carbocycles. The molecule has 0 saturated carbocycles. The van der Waals surface area contributed by atoms with Crippen LogP contribution in [0.2, 0.25) is 0 Å². The fraction of sp³-hybridized carbons (Fsp3) is 0.364. The van der Waals surface area contributed by atoms with Gasteiger partial charge in [0.2, 0.25) is 0 Å². The third kappa shape index (κ3) is 2.66. The van der Waals surface area contributed by atoms with Crippen LogP contribution in [0.5, 0.6) is 0 Å². The zero-order chi connectivity index (χ0) is 10.0. The van der Waals surface area contributed by atoms with Crippen LogP contribution in [0, 0.1) is 13.8 Å². The molecule has 0 bridgehead atoms. The molecule has 0 N–H and O–H groups in total. The number of aryl methyl sites for hydroxylation is 2. The fourth-order valence-electron chi connectivity index (χ4n) is 1.27. The van der Waals surface area contributed by atoms with Crippen molar-refractivity contribution in [2.24, 2.45) is 4.99 Å². The van der Waals surface area contributed by atoms with Gasteiger partial charge in [0.1, 0.15) is 0 Å². The van der Waals surface area contributed by atoms with E-state index in [0.717, 1.165) is 15.9 Å². The molecule has 0 unspecified atom stereocenters. The standard InChI is InChI=1S/C11H14BrN/c1-7(2)13-11-9(4)5-8(3)6-10(11)12/h5-6H,1-4H3. The molecule has 0 atom stereocenters. The van der Waals surface area contributed by atoms with Crippen LogP contribution in [0.4, 0.5) is 5.69 Å². The van der Waals surface area contributed by atoms with E-state index in [0.29, 0.717) is 0 Å². The second-order valence-electron chi connectivity index (χ2n) is 3.47. The summed E-state index contributed by atoms with van der Waals surface area (Å²) in [5, 5.41) is 0. The first kappa shape index (κ1) is 10.5. The Bertz CT molecular complexity index is 326. The lowest BCUT2D eigenvalue weighted by Gasteiger charge is -2.05. The Kier molecular flexibility index (Phi) is 3.26. The van der Waals surface area contributed by atoms with E-state index in [9.17, 15) is 0 Å². The van der Waals surface area contributed by atoms with Crippen molar-refractivity contribution in [3.05, 3.63) is 27.7 Å². The number of rotatable bonds is 1. The van der Waals surface area contributed by atoms with Crippen LogP contribution in [0.15, 0.2) is 21.6 Å². The Balaban J connectivity index is 3.29. The molecule has 13 heavy (non-hydrogen) atoms. The van der Waals surface area contributed by atoms with Gasteiger partial charge in [-0.05, 0) is 60.8 Å². The molecule has 0 aliphatic rings. The van der Waals surface area contributed by atoms with Crippen LogP contribution < -0.4 is 0 Å². The maximum atomic E-state index is 4.47. The van der Waals surface area contributed by atoms with Crippen LogP contribution >= 0.6 is 15.9 Å². The average molecular weight is 240 g/mol. The maximum absolute atomic E-state index is 4.47. The highest BCUT2D eigenvalue weighted by Gasteiger charge is 2.02. The summed E-state index contributed by atoms with van der Waals surface area (Å²) in [5.41, 5.74) is 4.60. The van der Waals surface area contributed by atoms with Crippen molar-refractivity contribution in [3.8, 4) is 0 Å². The van der Waals surface area contributed by atoms with Gasteiger partial charge in [0.25, 0.3) is 0 Å². The zero-order valence-electron chi connectivity index (χ0n) is 8.48. The van der Waals surface area contributed by atoms with Crippen LogP contribution in [0.3, 0.4) is 0 Å². The largest absolute Gasteiger partial charge is 0.257 e.